The first-order valence-electron chi connectivity index (χ1n) is 3.95. The van der Waals surface area contributed by atoms with E-state index in [1.165, 1.54) is 6.08 Å². The molecule has 4 nitrogen and oxygen atoms in total. The lowest BCUT2D eigenvalue weighted by atomic mass is 9.81. The smallest absolute Gasteiger partial charge is 0.248 e. The van der Waals surface area contributed by atoms with Gasteiger partial charge in [0.15, 0.2) is 0 Å². The Bertz CT molecular complexity index is 318. The average Bonchev–Trinajstić information content (AvgIpc) is 2.04. The molecule has 2 amide bonds. The molecule has 0 aromatic carbocycles. The normalized spacial score (nSPS) is 26.7. The number of amides is 2. The lowest BCUT2D eigenvalue weighted by Gasteiger charge is -2.23. The molecule has 70 valence electrons. The standard InChI is InChI=1S/C9H12N2O2/c1-9(8(11)13)4-2-6(3-5-9)7(10)12/h2-4H,5H2,1H3,(H2,10,12)(H2,11,13). The first-order chi connectivity index (χ1) is 5.96. The van der Waals surface area contributed by atoms with E-state index in [1.807, 2.05) is 0 Å². The van der Waals surface area contributed by atoms with Gasteiger partial charge in [0, 0.05) is 5.57 Å². The van der Waals surface area contributed by atoms with Crippen LogP contribution in [0, 0.1) is 5.41 Å². The van der Waals surface area contributed by atoms with E-state index in [0.717, 1.165) is 0 Å². The molecule has 0 aromatic heterocycles. The molecule has 0 spiro atoms. The molecule has 1 aliphatic rings. The van der Waals surface area contributed by atoms with Gasteiger partial charge in [-0.25, -0.2) is 0 Å². The van der Waals surface area contributed by atoms with Gasteiger partial charge in [-0.05, 0) is 13.3 Å². The number of hydrogen-bond donors (Lipinski definition) is 2. The average molecular weight is 180 g/mol. The molecule has 13 heavy (non-hydrogen) atoms. The minimum absolute atomic E-state index is 0.400. The maximum Gasteiger partial charge on any atom is 0.248 e. The van der Waals surface area contributed by atoms with Gasteiger partial charge >= 0.3 is 0 Å². The van der Waals surface area contributed by atoms with Gasteiger partial charge in [-0.3, -0.25) is 9.59 Å². The number of hydrogen-bond acceptors (Lipinski definition) is 2. The van der Waals surface area contributed by atoms with Gasteiger partial charge in [0.05, 0.1) is 5.41 Å². The molecule has 1 atom stereocenters. The lowest BCUT2D eigenvalue weighted by Crippen LogP contribution is -2.33. The Labute approximate surface area is 76.3 Å². The highest BCUT2D eigenvalue weighted by Gasteiger charge is 2.29. The van der Waals surface area contributed by atoms with Gasteiger partial charge in [-0.15, -0.1) is 0 Å². The number of carbonyl (C=O) groups is 2. The van der Waals surface area contributed by atoms with Crippen LogP contribution in [0.2, 0.25) is 0 Å². The second-order valence-electron chi connectivity index (χ2n) is 3.34. The van der Waals surface area contributed by atoms with Gasteiger partial charge in [0.1, 0.15) is 0 Å². The van der Waals surface area contributed by atoms with Crippen molar-refractivity contribution in [2.24, 2.45) is 16.9 Å². The van der Waals surface area contributed by atoms with Crippen molar-refractivity contribution < 1.29 is 9.59 Å². The summed E-state index contributed by atoms with van der Waals surface area (Å²) in [6.07, 6.45) is 5.22. The number of rotatable bonds is 2. The van der Waals surface area contributed by atoms with Gasteiger partial charge in [-0.1, -0.05) is 18.2 Å². The maximum absolute atomic E-state index is 11.0. The minimum Gasteiger partial charge on any atom is -0.369 e. The van der Waals surface area contributed by atoms with Crippen molar-refractivity contribution in [3.05, 3.63) is 23.8 Å². The summed E-state index contributed by atoms with van der Waals surface area (Å²) in [5, 5.41) is 0. The summed E-state index contributed by atoms with van der Waals surface area (Å²) in [5.74, 6) is -0.883. The summed E-state index contributed by atoms with van der Waals surface area (Å²) in [7, 11) is 0. The van der Waals surface area contributed by atoms with Crippen molar-refractivity contribution in [2.45, 2.75) is 13.3 Å². The van der Waals surface area contributed by atoms with Gasteiger partial charge in [-0.2, -0.15) is 0 Å². The Morgan fingerprint density at radius 2 is 2.08 bits per heavy atom. The molecule has 0 saturated heterocycles. The predicted molar refractivity (Wildman–Crippen MR) is 48.3 cm³/mol. The first-order valence-corrected chi connectivity index (χ1v) is 3.95. The molecule has 4 heteroatoms. The van der Waals surface area contributed by atoms with E-state index in [-0.39, 0.29) is 0 Å². The molecule has 1 unspecified atom stereocenters. The van der Waals surface area contributed by atoms with Crippen LogP contribution in [0.25, 0.3) is 0 Å². The number of allylic oxidation sites excluding steroid dienone is 1. The number of nitrogens with two attached hydrogens (primary N) is 2. The molecule has 0 aromatic rings. The highest BCUT2D eigenvalue weighted by atomic mass is 16.1. The third-order valence-electron chi connectivity index (χ3n) is 2.22. The summed E-state index contributed by atoms with van der Waals surface area (Å²) in [5.41, 5.74) is 9.99. The summed E-state index contributed by atoms with van der Waals surface area (Å²) in [4.78, 5) is 21.7. The van der Waals surface area contributed by atoms with E-state index in [1.54, 1.807) is 19.1 Å². The Hall–Kier alpha value is -1.58. The minimum atomic E-state index is -0.682. The summed E-state index contributed by atoms with van der Waals surface area (Å²) in [6.45, 7) is 1.72. The van der Waals surface area contributed by atoms with Crippen LogP contribution < -0.4 is 11.5 Å². The Kier molecular flexibility index (Phi) is 2.23. The fourth-order valence-corrected chi connectivity index (χ4v) is 1.10. The van der Waals surface area contributed by atoms with Gasteiger partial charge in [0.2, 0.25) is 11.8 Å². The molecule has 1 rings (SSSR count). The van der Waals surface area contributed by atoms with Crippen LogP contribution in [0.4, 0.5) is 0 Å². The fraction of sp³-hybridized carbons (Fsp3) is 0.333. The molecule has 0 fully saturated rings. The molecule has 0 heterocycles. The first kappa shape index (κ1) is 9.51. The molecule has 0 bridgehead atoms. The third-order valence-corrected chi connectivity index (χ3v) is 2.22. The third kappa shape index (κ3) is 1.77. The summed E-state index contributed by atoms with van der Waals surface area (Å²) in [6, 6.07) is 0. The van der Waals surface area contributed by atoms with E-state index in [4.69, 9.17) is 11.5 Å². The van der Waals surface area contributed by atoms with Crippen LogP contribution in [0.5, 0.6) is 0 Å². The van der Waals surface area contributed by atoms with E-state index in [9.17, 15) is 9.59 Å². The molecule has 4 N–H and O–H groups in total. The highest BCUT2D eigenvalue weighted by molar-refractivity contribution is 5.96. The predicted octanol–water partition coefficient (Wildman–Crippen LogP) is -0.150. The molecule has 0 radical (unpaired) electrons. The summed E-state index contributed by atoms with van der Waals surface area (Å²) >= 11 is 0. The van der Waals surface area contributed by atoms with Crippen LogP contribution in [0.3, 0.4) is 0 Å². The van der Waals surface area contributed by atoms with E-state index in [0.29, 0.717) is 12.0 Å². The van der Waals surface area contributed by atoms with Crippen molar-refractivity contribution in [1.82, 2.24) is 0 Å². The van der Waals surface area contributed by atoms with Crippen molar-refractivity contribution >= 4 is 11.8 Å². The van der Waals surface area contributed by atoms with Gasteiger partial charge in [0.25, 0.3) is 0 Å². The fourth-order valence-electron chi connectivity index (χ4n) is 1.10. The molecule has 0 saturated carbocycles. The van der Waals surface area contributed by atoms with Crippen LogP contribution in [-0.4, -0.2) is 11.8 Å². The second kappa shape index (κ2) is 3.05. The van der Waals surface area contributed by atoms with Crippen LogP contribution in [0.1, 0.15) is 13.3 Å². The molecular formula is C9H12N2O2. The highest BCUT2D eigenvalue weighted by Crippen LogP contribution is 2.28. The zero-order chi connectivity index (χ0) is 10.1. The lowest BCUT2D eigenvalue weighted by molar-refractivity contribution is -0.124. The molecule has 0 aliphatic heterocycles. The monoisotopic (exact) mass is 180 g/mol. The van der Waals surface area contributed by atoms with E-state index in [2.05, 4.69) is 0 Å². The number of primary amides is 2. The largest absolute Gasteiger partial charge is 0.369 e. The maximum atomic E-state index is 11.0. The van der Waals surface area contributed by atoms with Crippen LogP contribution >= 0.6 is 0 Å². The van der Waals surface area contributed by atoms with Crippen molar-refractivity contribution in [3.8, 4) is 0 Å². The molecule has 1 aliphatic carbocycles. The van der Waals surface area contributed by atoms with E-state index >= 15 is 0 Å². The van der Waals surface area contributed by atoms with Crippen molar-refractivity contribution in [1.29, 1.82) is 0 Å². The number of carbonyl (C=O) groups excluding carboxylic acids is 2. The van der Waals surface area contributed by atoms with Crippen molar-refractivity contribution in [3.63, 3.8) is 0 Å². The Balaban J connectivity index is 2.85. The van der Waals surface area contributed by atoms with Gasteiger partial charge < -0.3 is 11.5 Å². The van der Waals surface area contributed by atoms with E-state index < -0.39 is 17.2 Å². The second-order valence-corrected chi connectivity index (χ2v) is 3.34. The quantitative estimate of drug-likeness (QED) is 0.619. The Morgan fingerprint density at radius 1 is 1.46 bits per heavy atom. The van der Waals surface area contributed by atoms with Crippen molar-refractivity contribution in [2.75, 3.05) is 0 Å². The SMILES string of the molecule is CC1(C(N)=O)C=CC(C(N)=O)=CC1. The Morgan fingerprint density at radius 3 is 2.38 bits per heavy atom. The molecular weight excluding hydrogens is 168 g/mol. The zero-order valence-electron chi connectivity index (χ0n) is 7.41. The van der Waals surface area contributed by atoms with Crippen LogP contribution in [-0.2, 0) is 9.59 Å². The topological polar surface area (TPSA) is 86.2 Å². The van der Waals surface area contributed by atoms with Crippen LogP contribution in [0.15, 0.2) is 23.8 Å². The zero-order valence-corrected chi connectivity index (χ0v) is 7.41. The summed E-state index contributed by atoms with van der Waals surface area (Å²) < 4.78 is 0.